The van der Waals surface area contributed by atoms with Crippen LogP contribution in [0.2, 0.25) is 5.28 Å². The van der Waals surface area contributed by atoms with Gasteiger partial charge in [0.1, 0.15) is 0 Å². The summed E-state index contributed by atoms with van der Waals surface area (Å²) in [4.78, 5) is 11.9. The van der Waals surface area contributed by atoms with Crippen molar-refractivity contribution < 1.29 is 9.84 Å². The predicted molar refractivity (Wildman–Crippen MR) is 65.4 cm³/mol. The average Bonchev–Trinajstić information content (AvgIpc) is 2.28. The summed E-state index contributed by atoms with van der Waals surface area (Å²) in [5.41, 5.74) is 0. The summed E-state index contributed by atoms with van der Waals surface area (Å²) in [6.07, 6.45) is 0. The van der Waals surface area contributed by atoms with E-state index in [1.54, 1.807) is 7.11 Å². The lowest BCUT2D eigenvalue weighted by Crippen LogP contribution is -2.29. The van der Waals surface area contributed by atoms with Crippen molar-refractivity contribution in [3.05, 3.63) is 5.28 Å². The molecule has 0 aliphatic carbocycles. The van der Waals surface area contributed by atoms with Crippen LogP contribution in [0.4, 0.5) is 11.9 Å². The molecule has 0 aliphatic rings. The summed E-state index contributed by atoms with van der Waals surface area (Å²) in [5, 5.41) is 15.0. The highest BCUT2D eigenvalue weighted by molar-refractivity contribution is 6.28. The Hall–Kier alpha value is -1.18. The largest absolute Gasteiger partial charge is 0.394 e. The Balaban J connectivity index is 2.75. The molecule has 8 heteroatoms. The molecular weight excluding hydrogens is 246 g/mol. The maximum Gasteiger partial charge on any atom is 0.229 e. The van der Waals surface area contributed by atoms with Crippen molar-refractivity contribution in [3.63, 3.8) is 0 Å². The fraction of sp³-hybridized carbons (Fsp3) is 0.667. The first kappa shape index (κ1) is 13.9. The van der Waals surface area contributed by atoms with E-state index >= 15 is 0 Å². The van der Waals surface area contributed by atoms with Crippen LogP contribution in [-0.2, 0) is 4.74 Å². The van der Waals surface area contributed by atoms with E-state index in [-0.39, 0.29) is 17.9 Å². The standard InChI is InChI=1S/C9H16ClN5O2/c1-3-11-8-13-7(10)14-9(15-8)12-6(4-16)5-17-2/h6,16H,3-5H2,1-2H3,(H2,11,12,13,14,15). The van der Waals surface area contributed by atoms with Crippen LogP contribution in [0.5, 0.6) is 0 Å². The summed E-state index contributed by atoms with van der Waals surface area (Å²) in [7, 11) is 1.55. The van der Waals surface area contributed by atoms with E-state index in [4.69, 9.17) is 21.4 Å². The summed E-state index contributed by atoms with van der Waals surface area (Å²) in [6, 6.07) is -0.284. The Kier molecular flexibility index (Phi) is 5.88. The molecule has 0 radical (unpaired) electrons. The molecule has 17 heavy (non-hydrogen) atoms. The lowest BCUT2D eigenvalue weighted by molar-refractivity contribution is 0.153. The molecule has 1 unspecified atom stereocenters. The van der Waals surface area contributed by atoms with Crippen molar-refractivity contribution in [1.82, 2.24) is 15.0 Å². The molecule has 0 fully saturated rings. The van der Waals surface area contributed by atoms with E-state index < -0.39 is 0 Å². The van der Waals surface area contributed by atoms with Crippen LogP contribution >= 0.6 is 11.6 Å². The Morgan fingerprint density at radius 3 is 2.65 bits per heavy atom. The number of rotatable bonds is 7. The number of ether oxygens (including phenoxy) is 1. The maximum atomic E-state index is 9.10. The van der Waals surface area contributed by atoms with E-state index in [2.05, 4.69) is 25.6 Å². The van der Waals surface area contributed by atoms with Gasteiger partial charge < -0.3 is 20.5 Å². The molecule has 0 saturated heterocycles. The third-order valence-electron chi connectivity index (χ3n) is 1.86. The van der Waals surface area contributed by atoms with Crippen LogP contribution in [0.3, 0.4) is 0 Å². The molecule has 1 rings (SSSR count). The first-order chi connectivity index (χ1) is 8.19. The van der Waals surface area contributed by atoms with Crippen LogP contribution in [0.1, 0.15) is 6.92 Å². The molecule has 1 atom stereocenters. The minimum Gasteiger partial charge on any atom is -0.394 e. The average molecular weight is 262 g/mol. The predicted octanol–water partition coefficient (Wildman–Crippen LogP) is 0.376. The zero-order chi connectivity index (χ0) is 12.7. The van der Waals surface area contributed by atoms with Gasteiger partial charge in [-0.25, -0.2) is 0 Å². The second-order valence-corrected chi connectivity index (χ2v) is 3.60. The molecule has 1 aromatic heterocycles. The molecule has 0 amide bonds. The third kappa shape index (κ3) is 4.68. The van der Waals surface area contributed by atoms with E-state index in [1.165, 1.54) is 0 Å². The van der Waals surface area contributed by atoms with Gasteiger partial charge in [0.15, 0.2) is 0 Å². The van der Waals surface area contributed by atoms with Gasteiger partial charge in [-0.15, -0.1) is 0 Å². The topological polar surface area (TPSA) is 92.2 Å². The number of aliphatic hydroxyl groups excluding tert-OH is 1. The lowest BCUT2D eigenvalue weighted by Gasteiger charge is -2.15. The van der Waals surface area contributed by atoms with Crippen LogP contribution in [0.15, 0.2) is 0 Å². The van der Waals surface area contributed by atoms with Gasteiger partial charge >= 0.3 is 0 Å². The first-order valence-corrected chi connectivity index (χ1v) is 5.59. The molecule has 3 N–H and O–H groups in total. The van der Waals surface area contributed by atoms with Gasteiger partial charge in [-0.05, 0) is 18.5 Å². The van der Waals surface area contributed by atoms with Crippen LogP contribution in [0.25, 0.3) is 0 Å². The van der Waals surface area contributed by atoms with Crippen LogP contribution in [0, 0.1) is 0 Å². The van der Waals surface area contributed by atoms with E-state index in [0.717, 1.165) is 0 Å². The Labute approximate surface area is 105 Å². The van der Waals surface area contributed by atoms with Gasteiger partial charge in [0, 0.05) is 13.7 Å². The van der Waals surface area contributed by atoms with Crippen molar-refractivity contribution in [3.8, 4) is 0 Å². The monoisotopic (exact) mass is 261 g/mol. The number of aliphatic hydroxyl groups is 1. The fourth-order valence-corrected chi connectivity index (χ4v) is 1.34. The number of hydrogen-bond acceptors (Lipinski definition) is 7. The Morgan fingerprint density at radius 2 is 2.06 bits per heavy atom. The first-order valence-electron chi connectivity index (χ1n) is 5.21. The smallest absolute Gasteiger partial charge is 0.229 e. The van der Waals surface area contributed by atoms with E-state index in [0.29, 0.717) is 25.0 Å². The molecule has 1 aromatic rings. The summed E-state index contributed by atoms with van der Waals surface area (Å²) >= 11 is 5.75. The summed E-state index contributed by atoms with van der Waals surface area (Å²) in [6.45, 7) is 2.86. The molecular formula is C9H16ClN5O2. The van der Waals surface area contributed by atoms with Crippen molar-refractivity contribution in [2.75, 3.05) is 37.5 Å². The zero-order valence-electron chi connectivity index (χ0n) is 9.77. The van der Waals surface area contributed by atoms with Crippen molar-refractivity contribution in [1.29, 1.82) is 0 Å². The SMILES string of the molecule is CCNc1nc(Cl)nc(NC(CO)COC)n1. The van der Waals surface area contributed by atoms with Crippen LogP contribution < -0.4 is 10.6 Å². The quantitative estimate of drug-likeness (QED) is 0.653. The van der Waals surface area contributed by atoms with Gasteiger partial charge in [-0.1, -0.05) is 0 Å². The highest BCUT2D eigenvalue weighted by Gasteiger charge is 2.10. The highest BCUT2D eigenvalue weighted by atomic mass is 35.5. The Morgan fingerprint density at radius 1 is 1.35 bits per heavy atom. The van der Waals surface area contributed by atoms with Gasteiger partial charge in [0.25, 0.3) is 0 Å². The van der Waals surface area contributed by atoms with Gasteiger partial charge in [0.05, 0.1) is 19.3 Å². The molecule has 0 saturated carbocycles. The molecule has 96 valence electrons. The summed E-state index contributed by atoms with van der Waals surface area (Å²) < 4.78 is 4.93. The number of halogens is 1. The van der Waals surface area contributed by atoms with Gasteiger partial charge in [-0.2, -0.15) is 15.0 Å². The molecule has 0 spiro atoms. The van der Waals surface area contributed by atoms with Crippen molar-refractivity contribution in [2.24, 2.45) is 0 Å². The molecule has 7 nitrogen and oxygen atoms in total. The molecule has 0 aliphatic heterocycles. The normalized spacial score (nSPS) is 12.2. The number of anilines is 2. The zero-order valence-corrected chi connectivity index (χ0v) is 10.5. The van der Waals surface area contributed by atoms with Crippen molar-refractivity contribution >= 4 is 23.5 Å². The summed E-state index contributed by atoms with van der Waals surface area (Å²) in [5.74, 6) is 0.696. The third-order valence-corrected chi connectivity index (χ3v) is 2.03. The molecule has 0 bridgehead atoms. The minimum absolute atomic E-state index is 0.0896. The van der Waals surface area contributed by atoms with E-state index in [9.17, 15) is 0 Å². The maximum absolute atomic E-state index is 9.10. The minimum atomic E-state index is -0.284. The number of nitrogens with zero attached hydrogens (tertiary/aromatic N) is 3. The second kappa shape index (κ2) is 7.21. The lowest BCUT2D eigenvalue weighted by atomic mass is 10.3. The fourth-order valence-electron chi connectivity index (χ4n) is 1.18. The number of aromatic nitrogens is 3. The van der Waals surface area contributed by atoms with Gasteiger partial charge in [-0.3, -0.25) is 0 Å². The second-order valence-electron chi connectivity index (χ2n) is 3.26. The molecule has 0 aromatic carbocycles. The van der Waals surface area contributed by atoms with Crippen molar-refractivity contribution in [2.45, 2.75) is 13.0 Å². The molecule has 1 heterocycles. The number of methoxy groups -OCH3 is 1. The highest BCUT2D eigenvalue weighted by Crippen LogP contribution is 2.10. The number of nitrogens with one attached hydrogen (secondary N) is 2. The Bertz CT molecular complexity index is 352. The number of hydrogen-bond donors (Lipinski definition) is 3. The van der Waals surface area contributed by atoms with Gasteiger partial charge in [0.2, 0.25) is 17.2 Å². The van der Waals surface area contributed by atoms with E-state index in [1.807, 2.05) is 6.92 Å². The van der Waals surface area contributed by atoms with Crippen LogP contribution in [-0.4, -0.2) is 53.0 Å².